The van der Waals surface area contributed by atoms with Gasteiger partial charge in [0.25, 0.3) is 5.91 Å². The molecule has 3 rings (SSSR count). The van der Waals surface area contributed by atoms with E-state index in [1.807, 2.05) is 18.2 Å². The Bertz CT molecular complexity index is 733. The highest BCUT2D eigenvalue weighted by Gasteiger charge is 2.26. The SMILES string of the molecule is COc1ccc(C(=O)NC2CCc3c(Cl)cccc32)cc1F. The molecule has 0 spiro atoms. The van der Waals surface area contributed by atoms with Crippen molar-refractivity contribution < 1.29 is 13.9 Å². The van der Waals surface area contributed by atoms with Crippen molar-refractivity contribution >= 4 is 17.5 Å². The summed E-state index contributed by atoms with van der Waals surface area (Å²) in [7, 11) is 1.39. The maximum Gasteiger partial charge on any atom is 0.251 e. The summed E-state index contributed by atoms with van der Waals surface area (Å²) in [4.78, 5) is 12.3. The topological polar surface area (TPSA) is 38.3 Å². The predicted octanol–water partition coefficient (Wildman–Crippen LogP) is 3.91. The zero-order chi connectivity index (χ0) is 15.7. The largest absolute Gasteiger partial charge is 0.494 e. The van der Waals surface area contributed by atoms with Crippen molar-refractivity contribution in [3.63, 3.8) is 0 Å². The van der Waals surface area contributed by atoms with Gasteiger partial charge in [0.1, 0.15) is 0 Å². The first-order valence-electron chi connectivity index (χ1n) is 7.02. The molecule has 0 bridgehead atoms. The highest BCUT2D eigenvalue weighted by atomic mass is 35.5. The molecule has 0 saturated carbocycles. The van der Waals surface area contributed by atoms with Gasteiger partial charge in [-0.25, -0.2) is 4.39 Å². The van der Waals surface area contributed by atoms with E-state index in [9.17, 15) is 9.18 Å². The van der Waals surface area contributed by atoms with Gasteiger partial charge in [0.15, 0.2) is 11.6 Å². The third kappa shape index (κ3) is 2.66. The van der Waals surface area contributed by atoms with E-state index in [1.54, 1.807) is 6.07 Å². The zero-order valence-electron chi connectivity index (χ0n) is 12.0. The second-order valence-electron chi connectivity index (χ2n) is 5.22. The van der Waals surface area contributed by atoms with Crippen LogP contribution >= 0.6 is 11.6 Å². The molecule has 3 nitrogen and oxygen atoms in total. The first-order valence-corrected chi connectivity index (χ1v) is 7.39. The van der Waals surface area contributed by atoms with Gasteiger partial charge in [0, 0.05) is 10.6 Å². The maximum absolute atomic E-state index is 13.7. The Morgan fingerprint density at radius 3 is 2.91 bits per heavy atom. The van der Waals surface area contributed by atoms with E-state index in [0.29, 0.717) is 0 Å². The smallest absolute Gasteiger partial charge is 0.251 e. The molecule has 1 atom stereocenters. The van der Waals surface area contributed by atoms with Gasteiger partial charge in [-0.2, -0.15) is 0 Å². The number of halogens is 2. The molecule has 1 amide bonds. The Kier molecular flexibility index (Phi) is 4.03. The van der Waals surface area contributed by atoms with E-state index in [4.69, 9.17) is 16.3 Å². The lowest BCUT2D eigenvalue weighted by Gasteiger charge is -2.14. The molecular weight excluding hydrogens is 305 g/mol. The molecule has 0 aromatic heterocycles. The van der Waals surface area contributed by atoms with Crippen LogP contribution in [0, 0.1) is 5.82 Å². The fraction of sp³-hybridized carbons (Fsp3) is 0.235. The summed E-state index contributed by atoms with van der Waals surface area (Å²) in [5, 5.41) is 3.66. The molecule has 0 heterocycles. The first kappa shape index (κ1) is 14.9. The Balaban J connectivity index is 1.79. The average Bonchev–Trinajstić information content (AvgIpc) is 2.91. The summed E-state index contributed by atoms with van der Waals surface area (Å²) in [5.74, 6) is -0.737. The molecule has 1 aliphatic carbocycles. The van der Waals surface area contributed by atoms with Gasteiger partial charge in [0.2, 0.25) is 0 Å². The fourth-order valence-electron chi connectivity index (χ4n) is 2.81. The third-order valence-electron chi connectivity index (χ3n) is 3.93. The van der Waals surface area contributed by atoms with E-state index in [1.165, 1.54) is 19.2 Å². The van der Waals surface area contributed by atoms with Crippen LogP contribution in [0.15, 0.2) is 36.4 Å². The van der Waals surface area contributed by atoms with Crippen LogP contribution in [0.4, 0.5) is 4.39 Å². The van der Waals surface area contributed by atoms with Crippen LogP contribution in [0.1, 0.15) is 33.9 Å². The molecule has 2 aromatic carbocycles. The van der Waals surface area contributed by atoms with Crippen molar-refractivity contribution in [1.29, 1.82) is 0 Å². The van der Waals surface area contributed by atoms with Gasteiger partial charge >= 0.3 is 0 Å². The van der Waals surface area contributed by atoms with Crippen LogP contribution in [0.3, 0.4) is 0 Å². The minimum Gasteiger partial charge on any atom is -0.494 e. The summed E-state index contributed by atoms with van der Waals surface area (Å²) >= 11 is 6.17. The number of amides is 1. The van der Waals surface area contributed by atoms with E-state index in [-0.39, 0.29) is 23.3 Å². The normalized spacial score (nSPS) is 16.2. The molecule has 1 unspecified atom stereocenters. The zero-order valence-corrected chi connectivity index (χ0v) is 12.8. The minimum absolute atomic E-state index is 0.0913. The van der Waals surface area contributed by atoms with Crippen LogP contribution in [-0.2, 0) is 6.42 Å². The number of fused-ring (bicyclic) bond motifs is 1. The Morgan fingerprint density at radius 2 is 2.18 bits per heavy atom. The third-order valence-corrected chi connectivity index (χ3v) is 4.29. The van der Waals surface area contributed by atoms with Gasteiger partial charge in [-0.15, -0.1) is 0 Å². The second kappa shape index (κ2) is 5.97. The summed E-state index contributed by atoms with van der Waals surface area (Å²) < 4.78 is 18.5. The summed E-state index contributed by atoms with van der Waals surface area (Å²) in [5.41, 5.74) is 2.39. The number of ether oxygens (including phenoxy) is 1. The van der Waals surface area contributed by atoms with Crippen LogP contribution in [0.25, 0.3) is 0 Å². The Labute approximate surface area is 133 Å². The lowest BCUT2D eigenvalue weighted by atomic mass is 10.1. The second-order valence-corrected chi connectivity index (χ2v) is 5.63. The van der Waals surface area contributed by atoms with Crippen molar-refractivity contribution in [1.82, 2.24) is 5.32 Å². The first-order chi connectivity index (χ1) is 10.6. The van der Waals surface area contributed by atoms with Crippen molar-refractivity contribution in [2.45, 2.75) is 18.9 Å². The highest BCUT2D eigenvalue weighted by molar-refractivity contribution is 6.31. The summed E-state index contributed by atoms with van der Waals surface area (Å²) in [6, 6.07) is 9.78. The van der Waals surface area contributed by atoms with Crippen molar-refractivity contribution in [3.8, 4) is 5.75 Å². The molecule has 114 valence electrons. The Hall–Kier alpha value is -2.07. The molecule has 1 aliphatic rings. The highest BCUT2D eigenvalue weighted by Crippen LogP contribution is 2.35. The molecule has 0 radical (unpaired) electrons. The molecule has 1 N–H and O–H groups in total. The standard InChI is InChI=1S/C17H15ClFNO2/c1-22-16-8-5-10(9-14(16)19)17(21)20-15-7-6-11-12(15)3-2-4-13(11)18/h2-5,8-9,15H,6-7H2,1H3,(H,20,21). The molecule has 0 aliphatic heterocycles. The lowest BCUT2D eigenvalue weighted by molar-refractivity contribution is 0.0936. The number of carbonyl (C=O) groups is 1. The Morgan fingerprint density at radius 1 is 1.36 bits per heavy atom. The van der Waals surface area contributed by atoms with Gasteiger partial charge in [0.05, 0.1) is 13.2 Å². The fourth-order valence-corrected chi connectivity index (χ4v) is 3.09. The van der Waals surface area contributed by atoms with Gasteiger partial charge < -0.3 is 10.1 Å². The molecular formula is C17H15ClFNO2. The van der Waals surface area contributed by atoms with Crippen LogP contribution in [0.2, 0.25) is 5.02 Å². The van der Waals surface area contributed by atoms with Crippen LogP contribution in [0.5, 0.6) is 5.75 Å². The van der Waals surface area contributed by atoms with Crippen LogP contribution in [-0.4, -0.2) is 13.0 Å². The summed E-state index contributed by atoms with van der Waals surface area (Å²) in [6.45, 7) is 0. The lowest BCUT2D eigenvalue weighted by Crippen LogP contribution is -2.27. The average molecular weight is 320 g/mol. The summed E-state index contributed by atoms with van der Waals surface area (Å²) in [6.07, 6.45) is 1.63. The van der Waals surface area contributed by atoms with E-state index in [0.717, 1.165) is 29.0 Å². The molecule has 0 saturated heterocycles. The van der Waals surface area contributed by atoms with Crippen molar-refractivity contribution in [2.75, 3.05) is 7.11 Å². The number of carbonyl (C=O) groups excluding carboxylic acids is 1. The van der Waals surface area contributed by atoms with Crippen LogP contribution < -0.4 is 10.1 Å². The number of methoxy groups -OCH3 is 1. The number of hydrogen-bond donors (Lipinski definition) is 1. The van der Waals surface area contributed by atoms with E-state index < -0.39 is 5.82 Å². The van der Waals surface area contributed by atoms with E-state index >= 15 is 0 Å². The quantitative estimate of drug-likeness (QED) is 0.931. The molecule has 2 aromatic rings. The molecule has 0 fully saturated rings. The van der Waals surface area contributed by atoms with Crippen molar-refractivity contribution in [2.24, 2.45) is 0 Å². The van der Waals surface area contributed by atoms with Gasteiger partial charge in [-0.3, -0.25) is 4.79 Å². The van der Waals surface area contributed by atoms with Gasteiger partial charge in [-0.1, -0.05) is 23.7 Å². The maximum atomic E-state index is 13.7. The van der Waals surface area contributed by atoms with Crippen molar-refractivity contribution in [3.05, 3.63) is 63.9 Å². The molecule has 22 heavy (non-hydrogen) atoms. The molecule has 5 heteroatoms. The predicted molar refractivity (Wildman–Crippen MR) is 82.9 cm³/mol. The number of rotatable bonds is 3. The van der Waals surface area contributed by atoms with Gasteiger partial charge in [-0.05, 0) is 48.2 Å². The number of hydrogen-bond acceptors (Lipinski definition) is 2. The number of nitrogens with one attached hydrogen (secondary N) is 1. The number of benzene rings is 2. The minimum atomic E-state index is -0.551. The van der Waals surface area contributed by atoms with E-state index in [2.05, 4.69) is 5.32 Å². The monoisotopic (exact) mass is 319 g/mol.